The largest absolute Gasteiger partial charge is 0.328 e. The van der Waals surface area contributed by atoms with Gasteiger partial charge in [-0.3, -0.25) is 0 Å². The van der Waals surface area contributed by atoms with E-state index in [4.69, 9.17) is 4.98 Å². The summed E-state index contributed by atoms with van der Waals surface area (Å²) in [5.41, 5.74) is 3.78. The molecule has 0 saturated carbocycles. The molecule has 0 atom stereocenters. The molecule has 0 aliphatic carbocycles. The second kappa shape index (κ2) is 6.57. The third kappa shape index (κ3) is 3.15. The number of rotatable bonds is 6. The van der Waals surface area contributed by atoms with E-state index in [0.717, 1.165) is 24.9 Å². The number of aryl methyl sites for hydroxylation is 3. The highest BCUT2D eigenvalue weighted by atomic mass is 15.1. The quantitative estimate of drug-likeness (QED) is 0.643. The maximum absolute atomic E-state index is 4.84. The number of fused-ring (bicyclic) bond motifs is 1. The minimum Gasteiger partial charge on any atom is -0.328 e. The highest BCUT2D eigenvalue weighted by molar-refractivity contribution is 5.75. The third-order valence-corrected chi connectivity index (χ3v) is 3.95. The maximum atomic E-state index is 4.84. The van der Waals surface area contributed by atoms with Crippen LogP contribution < -0.4 is 0 Å². The van der Waals surface area contributed by atoms with Gasteiger partial charge in [0.15, 0.2) is 0 Å². The van der Waals surface area contributed by atoms with Crippen molar-refractivity contribution in [3.63, 3.8) is 0 Å². The summed E-state index contributed by atoms with van der Waals surface area (Å²) in [6.07, 6.45) is 4.47. The number of hydrogen-bond acceptors (Lipinski definition) is 1. The maximum Gasteiger partial charge on any atom is 0.110 e. The molecule has 2 nitrogen and oxygen atoms in total. The number of aromatic nitrogens is 2. The van der Waals surface area contributed by atoms with Crippen molar-refractivity contribution in [2.24, 2.45) is 0 Å². The van der Waals surface area contributed by atoms with Crippen LogP contribution in [-0.2, 0) is 19.4 Å². The molecule has 0 bridgehead atoms. The lowest BCUT2D eigenvalue weighted by molar-refractivity contribution is 0.613. The van der Waals surface area contributed by atoms with Gasteiger partial charge in [0.2, 0.25) is 0 Å². The van der Waals surface area contributed by atoms with Crippen molar-refractivity contribution >= 4 is 11.0 Å². The molecular formula is C19H22N2. The molecule has 0 fully saturated rings. The predicted molar refractivity (Wildman–Crippen MR) is 88.5 cm³/mol. The molecule has 1 heterocycles. The number of nitrogens with zero attached hydrogens (tertiary/aromatic N) is 2. The first-order valence-corrected chi connectivity index (χ1v) is 7.86. The highest BCUT2D eigenvalue weighted by Crippen LogP contribution is 2.18. The average molecular weight is 278 g/mol. The van der Waals surface area contributed by atoms with Crippen LogP contribution in [0, 0.1) is 0 Å². The Labute approximate surface area is 126 Å². The van der Waals surface area contributed by atoms with E-state index in [-0.39, 0.29) is 0 Å². The molecule has 0 aliphatic heterocycles. The van der Waals surface area contributed by atoms with Crippen LogP contribution in [0.3, 0.4) is 0 Å². The number of imidazole rings is 1. The van der Waals surface area contributed by atoms with Crippen LogP contribution >= 0.6 is 0 Å². The molecule has 1 aromatic heterocycles. The van der Waals surface area contributed by atoms with E-state index in [1.165, 1.54) is 29.7 Å². The molecule has 21 heavy (non-hydrogen) atoms. The van der Waals surface area contributed by atoms with Crippen LogP contribution in [-0.4, -0.2) is 9.55 Å². The molecule has 0 radical (unpaired) electrons. The third-order valence-electron chi connectivity index (χ3n) is 3.95. The van der Waals surface area contributed by atoms with E-state index < -0.39 is 0 Å². The van der Waals surface area contributed by atoms with Gasteiger partial charge in [-0.15, -0.1) is 0 Å². The molecule has 0 saturated heterocycles. The van der Waals surface area contributed by atoms with E-state index in [2.05, 4.69) is 66.1 Å². The van der Waals surface area contributed by atoms with Gasteiger partial charge in [-0.2, -0.15) is 0 Å². The molecule has 2 heteroatoms. The average Bonchev–Trinajstić information content (AvgIpc) is 2.89. The zero-order chi connectivity index (χ0) is 14.5. The lowest BCUT2D eigenvalue weighted by atomic mass is 10.1. The van der Waals surface area contributed by atoms with Gasteiger partial charge in [0.1, 0.15) is 5.82 Å². The smallest absolute Gasteiger partial charge is 0.110 e. The molecular weight excluding hydrogens is 256 g/mol. The summed E-state index contributed by atoms with van der Waals surface area (Å²) in [5.74, 6) is 1.22. The molecule has 0 amide bonds. The van der Waals surface area contributed by atoms with Crippen molar-refractivity contribution in [3.8, 4) is 0 Å². The first kappa shape index (κ1) is 13.9. The van der Waals surface area contributed by atoms with Gasteiger partial charge in [0, 0.05) is 13.0 Å². The Bertz CT molecular complexity index is 698. The van der Waals surface area contributed by atoms with Crippen LogP contribution in [0.2, 0.25) is 0 Å². The van der Waals surface area contributed by atoms with Gasteiger partial charge in [-0.1, -0.05) is 55.8 Å². The topological polar surface area (TPSA) is 17.8 Å². The van der Waals surface area contributed by atoms with E-state index in [1.807, 2.05) is 0 Å². The molecule has 0 unspecified atom stereocenters. The summed E-state index contributed by atoms with van der Waals surface area (Å²) in [6.45, 7) is 3.31. The van der Waals surface area contributed by atoms with Crippen molar-refractivity contribution in [1.29, 1.82) is 0 Å². The lowest BCUT2D eigenvalue weighted by Gasteiger charge is -2.08. The highest BCUT2D eigenvalue weighted by Gasteiger charge is 2.09. The van der Waals surface area contributed by atoms with Gasteiger partial charge in [-0.25, -0.2) is 4.98 Å². The minimum absolute atomic E-state index is 1.00. The summed E-state index contributed by atoms with van der Waals surface area (Å²) < 4.78 is 2.40. The van der Waals surface area contributed by atoms with Crippen molar-refractivity contribution in [2.45, 2.75) is 39.2 Å². The Balaban J connectivity index is 1.86. The summed E-state index contributed by atoms with van der Waals surface area (Å²) in [7, 11) is 0. The Morgan fingerprint density at radius 3 is 2.48 bits per heavy atom. The van der Waals surface area contributed by atoms with Crippen LogP contribution in [0.25, 0.3) is 11.0 Å². The number of hydrogen-bond donors (Lipinski definition) is 0. The van der Waals surface area contributed by atoms with E-state index in [9.17, 15) is 0 Å². The van der Waals surface area contributed by atoms with E-state index >= 15 is 0 Å². The predicted octanol–water partition coefficient (Wildman–Crippen LogP) is 4.62. The summed E-state index contributed by atoms with van der Waals surface area (Å²) in [4.78, 5) is 4.84. The fourth-order valence-electron chi connectivity index (χ4n) is 2.78. The second-order valence-electron chi connectivity index (χ2n) is 5.51. The van der Waals surface area contributed by atoms with Gasteiger partial charge in [0.05, 0.1) is 11.0 Å². The molecule has 2 aromatic carbocycles. The summed E-state index contributed by atoms with van der Waals surface area (Å²) in [5, 5.41) is 0. The zero-order valence-electron chi connectivity index (χ0n) is 12.6. The summed E-state index contributed by atoms with van der Waals surface area (Å²) >= 11 is 0. The molecule has 0 spiro atoms. The Kier molecular flexibility index (Phi) is 4.34. The SMILES string of the molecule is CCCCn1c(CCc2ccccc2)nc2ccccc21. The van der Waals surface area contributed by atoms with E-state index in [0.29, 0.717) is 0 Å². The fraction of sp³-hybridized carbons (Fsp3) is 0.316. The number of para-hydroxylation sites is 2. The molecule has 0 N–H and O–H groups in total. The first-order valence-electron chi connectivity index (χ1n) is 7.86. The monoisotopic (exact) mass is 278 g/mol. The van der Waals surface area contributed by atoms with Gasteiger partial charge in [-0.05, 0) is 30.5 Å². The Hall–Kier alpha value is -2.09. The van der Waals surface area contributed by atoms with Gasteiger partial charge >= 0.3 is 0 Å². The molecule has 3 aromatic rings. The fourth-order valence-corrected chi connectivity index (χ4v) is 2.78. The Morgan fingerprint density at radius 1 is 0.905 bits per heavy atom. The van der Waals surface area contributed by atoms with E-state index in [1.54, 1.807) is 0 Å². The first-order chi connectivity index (χ1) is 10.4. The Morgan fingerprint density at radius 2 is 1.67 bits per heavy atom. The molecule has 3 rings (SSSR count). The van der Waals surface area contributed by atoms with Crippen molar-refractivity contribution in [1.82, 2.24) is 9.55 Å². The number of unbranched alkanes of at least 4 members (excludes halogenated alkanes) is 1. The minimum atomic E-state index is 1.00. The van der Waals surface area contributed by atoms with Crippen molar-refractivity contribution in [3.05, 3.63) is 66.0 Å². The van der Waals surface area contributed by atoms with Crippen LogP contribution in [0.4, 0.5) is 0 Å². The van der Waals surface area contributed by atoms with Gasteiger partial charge < -0.3 is 4.57 Å². The van der Waals surface area contributed by atoms with Gasteiger partial charge in [0.25, 0.3) is 0 Å². The normalized spacial score (nSPS) is 11.1. The van der Waals surface area contributed by atoms with Crippen LogP contribution in [0.1, 0.15) is 31.2 Å². The van der Waals surface area contributed by atoms with Crippen molar-refractivity contribution < 1.29 is 0 Å². The molecule has 108 valence electrons. The second-order valence-corrected chi connectivity index (χ2v) is 5.51. The lowest BCUT2D eigenvalue weighted by Crippen LogP contribution is -2.05. The van der Waals surface area contributed by atoms with Crippen molar-refractivity contribution in [2.75, 3.05) is 0 Å². The summed E-state index contributed by atoms with van der Waals surface area (Å²) in [6, 6.07) is 19.1. The van der Waals surface area contributed by atoms with Crippen LogP contribution in [0.5, 0.6) is 0 Å². The van der Waals surface area contributed by atoms with Crippen LogP contribution in [0.15, 0.2) is 54.6 Å². The number of benzene rings is 2. The molecule has 0 aliphatic rings. The standard InChI is InChI=1S/C19H22N2/c1-2-3-15-21-18-12-8-7-11-17(18)20-19(21)14-13-16-9-5-4-6-10-16/h4-12H,2-3,13-15H2,1H3. The zero-order valence-corrected chi connectivity index (χ0v) is 12.6.